The van der Waals surface area contributed by atoms with Gasteiger partial charge in [0, 0.05) is 24.6 Å². The molecule has 70 valence electrons. The molecule has 1 fully saturated rings. The van der Waals surface area contributed by atoms with E-state index in [0.717, 1.165) is 12.5 Å². The fourth-order valence-corrected chi connectivity index (χ4v) is 2.76. The lowest BCUT2D eigenvalue weighted by Gasteiger charge is -2.10. The van der Waals surface area contributed by atoms with Crippen LogP contribution in [0.5, 0.6) is 0 Å². The fraction of sp³-hybridized carbons (Fsp3) is 0.500. The molecule has 2 heterocycles. The Balaban J connectivity index is 1.79. The highest BCUT2D eigenvalue weighted by molar-refractivity contribution is 7.99. The van der Waals surface area contributed by atoms with Gasteiger partial charge in [0.05, 0.1) is 0 Å². The Morgan fingerprint density at radius 2 is 2.31 bits per heavy atom. The first-order valence-corrected chi connectivity index (χ1v) is 5.82. The van der Waals surface area contributed by atoms with Crippen molar-refractivity contribution >= 4 is 17.4 Å². The van der Waals surface area contributed by atoms with Gasteiger partial charge in [-0.3, -0.25) is 4.98 Å². The largest absolute Gasteiger partial charge is 0.385 e. The molecule has 13 heavy (non-hydrogen) atoms. The normalized spacial score (nSPS) is 21.7. The van der Waals surface area contributed by atoms with Gasteiger partial charge in [-0.25, -0.2) is 0 Å². The molecule has 3 heteroatoms. The fourth-order valence-electron chi connectivity index (χ4n) is 1.48. The minimum atomic E-state index is 0.859. The van der Waals surface area contributed by atoms with Crippen molar-refractivity contribution in [1.29, 1.82) is 0 Å². The topological polar surface area (TPSA) is 24.9 Å². The second-order valence-electron chi connectivity index (χ2n) is 3.35. The smallest absolute Gasteiger partial charge is 0.0371 e. The molecule has 2 rings (SSSR count). The Morgan fingerprint density at radius 3 is 3.00 bits per heavy atom. The Morgan fingerprint density at radius 1 is 1.46 bits per heavy atom. The summed E-state index contributed by atoms with van der Waals surface area (Å²) in [6.45, 7) is 1.11. The molecule has 1 N–H and O–H groups in total. The van der Waals surface area contributed by atoms with Crippen molar-refractivity contribution in [2.45, 2.75) is 6.42 Å². The van der Waals surface area contributed by atoms with Gasteiger partial charge in [0.1, 0.15) is 0 Å². The summed E-state index contributed by atoms with van der Waals surface area (Å²) in [6, 6.07) is 4.03. The lowest BCUT2D eigenvalue weighted by molar-refractivity contribution is 0.632. The van der Waals surface area contributed by atoms with Crippen molar-refractivity contribution in [3.63, 3.8) is 0 Å². The maximum absolute atomic E-state index is 3.98. The van der Waals surface area contributed by atoms with E-state index in [1.165, 1.54) is 23.6 Å². The van der Waals surface area contributed by atoms with Crippen LogP contribution >= 0.6 is 11.8 Å². The Kier molecular flexibility index (Phi) is 3.08. The van der Waals surface area contributed by atoms with Crippen LogP contribution in [0.3, 0.4) is 0 Å². The number of thioether (sulfide) groups is 1. The first kappa shape index (κ1) is 8.88. The number of hydrogen-bond acceptors (Lipinski definition) is 3. The summed E-state index contributed by atoms with van der Waals surface area (Å²) in [5.41, 5.74) is 1.19. The first-order valence-electron chi connectivity index (χ1n) is 4.67. The van der Waals surface area contributed by atoms with Crippen molar-refractivity contribution in [2.75, 3.05) is 23.4 Å². The summed E-state index contributed by atoms with van der Waals surface area (Å²) in [4.78, 5) is 3.98. The molecule has 0 saturated carbocycles. The van der Waals surface area contributed by atoms with E-state index in [1.54, 1.807) is 0 Å². The van der Waals surface area contributed by atoms with Crippen molar-refractivity contribution in [3.05, 3.63) is 24.5 Å². The van der Waals surface area contributed by atoms with Crippen LogP contribution in [-0.4, -0.2) is 23.0 Å². The predicted molar refractivity (Wildman–Crippen MR) is 58.2 cm³/mol. The number of aromatic nitrogens is 1. The predicted octanol–water partition coefficient (Wildman–Crippen LogP) is 2.25. The van der Waals surface area contributed by atoms with E-state index in [2.05, 4.69) is 22.1 Å². The van der Waals surface area contributed by atoms with Gasteiger partial charge in [0.2, 0.25) is 0 Å². The number of anilines is 1. The van der Waals surface area contributed by atoms with Gasteiger partial charge in [-0.15, -0.1) is 0 Å². The number of nitrogens with zero attached hydrogens (tertiary/aromatic N) is 1. The third kappa shape index (κ3) is 2.62. The molecule has 1 saturated heterocycles. The molecule has 0 spiro atoms. The summed E-state index contributed by atoms with van der Waals surface area (Å²) >= 11 is 2.06. The molecule has 0 aromatic carbocycles. The number of nitrogens with one attached hydrogen (secondary N) is 1. The Bertz CT molecular complexity index is 244. The van der Waals surface area contributed by atoms with Crippen molar-refractivity contribution in [3.8, 4) is 0 Å². The van der Waals surface area contributed by atoms with Crippen LogP contribution in [0.2, 0.25) is 0 Å². The average molecular weight is 194 g/mol. The van der Waals surface area contributed by atoms with Crippen LogP contribution in [0.25, 0.3) is 0 Å². The van der Waals surface area contributed by atoms with Crippen molar-refractivity contribution < 1.29 is 0 Å². The maximum atomic E-state index is 3.98. The number of pyridine rings is 1. The molecule has 0 bridgehead atoms. The van der Waals surface area contributed by atoms with E-state index in [0.29, 0.717) is 0 Å². The van der Waals surface area contributed by atoms with Crippen LogP contribution in [0.15, 0.2) is 24.5 Å². The van der Waals surface area contributed by atoms with E-state index in [4.69, 9.17) is 0 Å². The zero-order chi connectivity index (χ0) is 8.93. The highest BCUT2D eigenvalue weighted by atomic mass is 32.2. The van der Waals surface area contributed by atoms with Gasteiger partial charge in [-0.05, 0) is 36.0 Å². The van der Waals surface area contributed by atoms with Crippen LogP contribution < -0.4 is 5.32 Å². The van der Waals surface area contributed by atoms with Crippen LogP contribution in [0.4, 0.5) is 5.69 Å². The molecule has 1 unspecified atom stereocenters. The third-order valence-corrected chi connectivity index (χ3v) is 3.53. The van der Waals surface area contributed by atoms with E-state index < -0.39 is 0 Å². The molecule has 0 radical (unpaired) electrons. The van der Waals surface area contributed by atoms with Gasteiger partial charge < -0.3 is 5.32 Å². The monoisotopic (exact) mass is 194 g/mol. The summed E-state index contributed by atoms with van der Waals surface area (Å²) in [5.74, 6) is 3.51. The molecule has 1 aromatic heterocycles. The first-order chi connectivity index (χ1) is 6.45. The standard InChI is InChI=1S/C10H14N2S/c1-4-11-5-2-10(1)12-7-9-3-6-13-8-9/h1-2,4-5,9H,3,6-8H2,(H,11,12). The van der Waals surface area contributed by atoms with E-state index in [1.807, 2.05) is 24.5 Å². The molecule has 2 nitrogen and oxygen atoms in total. The second-order valence-corrected chi connectivity index (χ2v) is 4.50. The lowest BCUT2D eigenvalue weighted by Crippen LogP contribution is -2.13. The third-order valence-electron chi connectivity index (χ3n) is 2.30. The molecule has 0 aliphatic carbocycles. The molecule has 1 aliphatic heterocycles. The summed E-state index contributed by atoms with van der Waals surface area (Å²) in [7, 11) is 0. The second kappa shape index (κ2) is 4.51. The van der Waals surface area contributed by atoms with E-state index in [-0.39, 0.29) is 0 Å². The van der Waals surface area contributed by atoms with Gasteiger partial charge >= 0.3 is 0 Å². The van der Waals surface area contributed by atoms with Gasteiger partial charge in [-0.2, -0.15) is 11.8 Å². The zero-order valence-corrected chi connectivity index (χ0v) is 8.39. The summed E-state index contributed by atoms with van der Waals surface area (Å²) < 4.78 is 0. The van der Waals surface area contributed by atoms with Gasteiger partial charge in [0.25, 0.3) is 0 Å². The Labute approximate surface area is 83.1 Å². The minimum Gasteiger partial charge on any atom is -0.385 e. The van der Waals surface area contributed by atoms with Crippen molar-refractivity contribution in [2.24, 2.45) is 5.92 Å². The molecule has 1 aliphatic rings. The zero-order valence-electron chi connectivity index (χ0n) is 7.57. The van der Waals surface area contributed by atoms with Crippen LogP contribution in [-0.2, 0) is 0 Å². The SMILES string of the molecule is c1cc(NCC2CCSC2)ccn1. The highest BCUT2D eigenvalue weighted by Gasteiger charge is 2.14. The summed E-state index contributed by atoms with van der Waals surface area (Å²) in [6.07, 6.45) is 5.01. The Hall–Kier alpha value is -0.700. The van der Waals surface area contributed by atoms with Crippen molar-refractivity contribution in [1.82, 2.24) is 4.98 Å². The minimum absolute atomic E-state index is 0.859. The van der Waals surface area contributed by atoms with Gasteiger partial charge in [-0.1, -0.05) is 0 Å². The molecule has 1 aromatic rings. The average Bonchev–Trinajstić information content (AvgIpc) is 2.69. The number of hydrogen-bond donors (Lipinski definition) is 1. The molecular formula is C10H14N2S. The summed E-state index contributed by atoms with van der Waals surface area (Å²) in [5, 5.41) is 3.43. The van der Waals surface area contributed by atoms with Crippen LogP contribution in [0.1, 0.15) is 6.42 Å². The number of rotatable bonds is 3. The molecule has 0 amide bonds. The lowest BCUT2D eigenvalue weighted by atomic mass is 10.1. The maximum Gasteiger partial charge on any atom is 0.0371 e. The van der Waals surface area contributed by atoms with Gasteiger partial charge in [0.15, 0.2) is 0 Å². The van der Waals surface area contributed by atoms with E-state index in [9.17, 15) is 0 Å². The molecular weight excluding hydrogens is 180 g/mol. The van der Waals surface area contributed by atoms with Crippen LogP contribution in [0, 0.1) is 5.92 Å². The van der Waals surface area contributed by atoms with E-state index >= 15 is 0 Å². The molecule has 1 atom stereocenters. The highest BCUT2D eigenvalue weighted by Crippen LogP contribution is 2.23. The quantitative estimate of drug-likeness (QED) is 0.799.